The van der Waals surface area contributed by atoms with Gasteiger partial charge in [0.05, 0.1) is 12.8 Å². The van der Waals surface area contributed by atoms with Gasteiger partial charge in [-0.15, -0.1) is 0 Å². The van der Waals surface area contributed by atoms with Gasteiger partial charge in [0, 0.05) is 48.4 Å². The fourth-order valence-corrected chi connectivity index (χ4v) is 4.04. The summed E-state index contributed by atoms with van der Waals surface area (Å²) in [7, 11) is 1.59. The number of rotatable bonds is 4. The molecule has 5 rings (SSSR count). The Morgan fingerprint density at radius 1 is 1.06 bits per heavy atom. The molecule has 0 unspecified atom stereocenters. The van der Waals surface area contributed by atoms with E-state index in [1.54, 1.807) is 25.6 Å². The highest BCUT2D eigenvalue weighted by Crippen LogP contribution is 2.36. The summed E-state index contributed by atoms with van der Waals surface area (Å²) in [6, 6.07) is 13.2. The second kappa shape index (κ2) is 8.14. The van der Waals surface area contributed by atoms with Crippen molar-refractivity contribution in [1.29, 1.82) is 0 Å². The van der Waals surface area contributed by atoms with Crippen LogP contribution in [0, 0.1) is 0 Å². The van der Waals surface area contributed by atoms with Crippen LogP contribution < -0.4 is 20.3 Å². The van der Waals surface area contributed by atoms with Crippen LogP contribution in [0.5, 0.6) is 5.75 Å². The quantitative estimate of drug-likeness (QED) is 0.518. The van der Waals surface area contributed by atoms with Crippen LogP contribution in [-0.2, 0) is 0 Å². The number of urea groups is 1. The number of para-hydroxylation sites is 1. The summed E-state index contributed by atoms with van der Waals surface area (Å²) >= 11 is 0. The molecule has 2 aromatic carbocycles. The summed E-state index contributed by atoms with van der Waals surface area (Å²) in [5.41, 5.74) is 2.07. The van der Waals surface area contributed by atoms with E-state index in [0.29, 0.717) is 17.0 Å². The smallest absolute Gasteiger partial charge is 0.319 e. The van der Waals surface area contributed by atoms with Gasteiger partial charge in [-0.3, -0.25) is 0 Å². The molecule has 0 aliphatic carbocycles. The second-order valence-corrected chi connectivity index (χ2v) is 7.56. The highest BCUT2D eigenvalue weighted by atomic mass is 16.5. The highest BCUT2D eigenvalue weighted by Gasteiger charge is 2.22. The standard InChI is InChI=1S/C23H23N5O3/c1-30-21-13-17-16-5-2-3-6-19(16)31-20(17)14-18(21)27-23(29)26-15-7-11-28(12-8-15)22-24-9-4-10-25-22/h2-6,9-10,13-15H,7-8,11-12H2,1H3,(H2,26,27,29). The van der Waals surface area contributed by atoms with Crippen LogP contribution in [0.25, 0.3) is 21.9 Å². The molecule has 0 bridgehead atoms. The van der Waals surface area contributed by atoms with E-state index in [1.807, 2.05) is 36.4 Å². The Kier molecular flexibility index (Phi) is 5.03. The summed E-state index contributed by atoms with van der Waals surface area (Å²) in [4.78, 5) is 23.4. The number of amides is 2. The zero-order valence-electron chi connectivity index (χ0n) is 17.2. The Labute approximate surface area is 179 Å². The predicted molar refractivity (Wildman–Crippen MR) is 120 cm³/mol. The molecule has 8 nitrogen and oxygen atoms in total. The highest BCUT2D eigenvalue weighted by molar-refractivity contribution is 6.07. The molecule has 158 valence electrons. The predicted octanol–water partition coefficient (Wildman–Crippen LogP) is 4.18. The molecule has 1 aliphatic rings. The molecule has 2 N–H and O–H groups in total. The molecule has 8 heteroatoms. The number of benzene rings is 2. The fourth-order valence-electron chi connectivity index (χ4n) is 4.04. The van der Waals surface area contributed by atoms with Crippen molar-refractivity contribution in [2.45, 2.75) is 18.9 Å². The lowest BCUT2D eigenvalue weighted by molar-refractivity contribution is 0.246. The molecule has 4 aromatic rings. The van der Waals surface area contributed by atoms with Crippen molar-refractivity contribution in [1.82, 2.24) is 15.3 Å². The SMILES string of the molecule is COc1cc2c(cc1NC(=O)NC1CCN(c3ncccn3)CC1)oc1ccccc12. The first-order valence-corrected chi connectivity index (χ1v) is 10.3. The number of nitrogens with one attached hydrogen (secondary N) is 2. The van der Waals surface area contributed by atoms with E-state index in [0.717, 1.165) is 48.2 Å². The number of furan rings is 1. The maximum Gasteiger partial charge on any atom is 0.319 e. The first-order valence-electron chi connectivity index (χ1n) is 10.3. The summed E-state index contributed by atoms with van der Waals surface area (Å²) in [5.74, 6) is 1.32. The van der Waals surface area contributed by atoms with Gasteiger partial charge >= 0.3 is 6.03 Å². The van der Waals surface area contributed by atoms with Crippen LogP contribution >= 0.6 is 0 Å². The van der Waals surface area contributed by atoms with Crippen molar-refractivity contribution in [3.8, 4) is 5.75 Å². The Balaban J connectivity index is 1.26. The van der Waals surface area contributed by atoms with E-state index in [1.165, 1.54) is 0 Å². The van der Waals surface area contributed by atoms with Gasteiger partial charge in [-0.25, -0.2) is 14.8 Å². The number of anilines is 2. The van der Waals surface area contributed by atoms with Gasteiger partial charge in [0.25, 0.3) is 0 Å². The maximum atomic E-state index is 12.7. The molecular formula is C23H23N5O3. The van der Waals surface area contributed by atoms with Gasteiger partial charge in [-0.2, -0.15) is 0 Å². The number of aromatic nitrogens is 2. The van der Waals surface area contributed by atoms with E-state index >= 15 is 0 Å². The molecule has 3 heterocycles. The van der Waals surface area contributed by atoms with Crippen LogP contribution in [0.15, 0.2) is 59.3 Å². The molecule has 1 fully saturated rings. The molecule has 0 radical (unpaired) electrons. The molecule has 0 atom stereocenters. The van der Waals surface area contributed by atoms with E-state index in [-0.39, 0.29) is 12.1 Å². The number of methoxy groups -OCH3 is 1. The van der Waals surface area contributed by atoms with Crippen molar-refractivity contribution >= 4 is 39.6 Å². The number of ether oxygens (including phenoxy) is 1. The van der Waals surface area contributed by atoms with Gasteiger partial charge in [0.15, 0.2) is 0 Å². The monoisotopic (exact) mass is 417 g/mol. The largest absolute Gasteiger partial charge is 0.495 e. The topological polar surface area (TPSA) is 92.5 Å². The van der Waals surface area contributed by atoms with E-state index < -0.39 is 0 Å². The van der Waals surface area contributed by atoms with Crippen molar-refractivity contribution in [2.24, 2.45) is 0 Å². The Bertz CT molecular complexity index is 1220. The summed E-state index contributed by atoms with van der Waals surface area (Å²) in [6.45, 7) is 1.59. The minimum Gasteiger partial charge on any atom is -0.495 e. The van der Waals surface area contributed by atoms with Crippen molar-refractivity contribution in [3.63, 3.8) is 0 Å². The van der Waals surface area contributed by atoms with Crippen LogP contribution in [0.3, 0.4) is 0 Å². The van der Waals surface area contributed by atoms with Gasteiger partial charge in [-0.05, 0) is 31.0 Å². The third kappa shape index (κ3) is 3.84. The zero-order valence-corrected chi connectivity index (χ0v) is 17.2. The molecule has 0 spiro atoms. The molecule has 31 heavy (non-hydrogen) atoms. The molecule has 2 amide bonds. The van der Waals surface area contributed by atoms with Crippen molar-refractivity contribution < 1.29 is 13.9 Å². The number of hydrogen-bond acceptors (Lipinski definition) is 6. The fraction of sp³-hybridized carbons (Fsp3) is 0.261. The summed E-state index contributed by atoms with van der Waals surface area (Å²) in [5, 5.41) is 7.94. The van der Waals surface area contributed by atoms with E-state index in [2.05, 4.69) is 25.5 Å². The summed E-state index contributed by atoms with van der Waals surface area (Å²) in [6.07, 6.45) is 5.13. The van der Waals surface area contributed by atoms with Crippen LogP contribution in [0.2, 0.25) is 0 Å². The van der Waals surface area contributed by atoms with Crippen LogP contribution in [-0.4, -0.2) is 42.2 Å². The number of carbonyl (C=O) groups is 1. The van der Waals surface area contributed by atoms with Gasteiger partial charge in [0.2, 0.25) is 5.95 Å². The van der Waals surface area contributed by atoms with Crippen LogP contribution in [0.1, 0.15) is 12.8 Å². The maximum absolute atomic E-state index is 12.7. The molecule has 0 saturated carbocycles. The Morgan fingerprint density at radius 3 is 2.61 bits per heavy atom. The number of fused-ring (bicyclic) bond motifs is 3. The molecule has 2 aromatic heterocycles. The third-order valence-electron chi connectivity index (χ3n) is 5.61. The van der Waals surface area contributed by atoms with E-state index in [4.69, 9.17) is 9.15 Å². The normalized spacial score (nSPS) is 14.7. The Hall–Kier alpha value is -3.81. The molecule has 1 aliphatic heterocycles. The van der Waals surface area contributed by atoms with Gasteiger partial charge in [-0.1, -0.05) is 18.2 Å². The minimum atomic E-state index is -0.261. The number of piperidine rings is 1. The molecular weight excluding hydrogens is 394 g/mol. The lowest BCUT2D eigenvalue weighted by atomic mass is 10.1. The number of nitrogens with zero attached hydrogens (tertiary/aromatic N) is 3. The average Bonchev–Trinajstić information content (AvgIpc) is 3.17. The van der Waals surface area contributed by atoms with Crippen LogP contribution in [0.4, 0.5) is 16.4 Å². The second-order valence-electron chi connectivity index (χ2n) is 7.56. The third-order valence-corrected chi connectivity index (χ3v) is 5.61. The minimum absolute atomic E-state index is 0.0842. The van der Waals surface area contributed by atoms with Crippen molar-refractivity contribution in [3.05, 3.63) is 54.9 Å². The van der Waals surface area contributed by atoms with Crippen molar-refractivity contribution in [2.75, 3.05) is 30.4 Å². The first-order chi connectivity index (χ1) is 15.2. The van der Waals surface area contributed by atoms with E-state index in [9.17, 15) is 4.79 Å². The Morgan fingerprint density at radius 2 is 1.84 bits per heavy atom. The zero-order chi connectivity index (χ0) is 21.2. The van der Waals surface area contributed by atoms with Gasteiger partial charge in [0.1, 0.15) is 16.9 Å². The first kappa shape index (κ1) is 19.2. The number of carbonyl (C=O) groups excluding carboxylic acids is 1. The number of hydrogen-bond donors (Lipinski definition) is 2. The average molecular weight is 417 g/mol. The molecule has 1 saturated heterocycles. The summed E-state index contributed by atoms with van der Waals surface area (Å²) < 4.78 is 11.5. The van der Waals surface area contributed by atoms with Gasteiger partial charge < -0.3 is 24.7 Å². The lowest BCUT2D eigenvalue weighted by Crippen LogP contribution is -2.46. The lowest BCUT2D eigenvalue weighted by Gasteiger charge is -2.32.